The Balaban J connectivity index is 1.25. The van der Waals surface area contributed by atoms with Gasteiger partial charge < -0.3 is 4.57 Å². The number of para-hydroxylation sites is 1. The molecule has 0 saturated heterocycles. The predicted octanol–water partition coefficient (Wildman–Crippen LogP) is 12.9. The number of alkyl halides is 6. The lowest BCUT2D eigenvalue weighted by Gasteiger charge is -2.23. The first-order valence-corrected chi connectivity index (χ1v) is 16.2. The second kappa shape index (κ2) is 9.66. The van der Waals surface area contributed by atoms with Gasteiger partial charge in [0.2, 0.25) is 0 Å². The topological polar surface area (TPSA) is 4.93 Å². The molecule has 8 aromatic carbocycles. The van der Waals surface area contributed by atoms with Crippen molar-refractivity contribution in [3.63, 3.8) is 0 Å². The zero-order chi connectivity index (χ0) is 34.2. The number of nitrogens with zero attached hydrogens (tertiary/aromatic N) is 1. The number of hydrogen-bond acceptors (Lipinski definition) is 0. The maximum Gasteiger partial charge on any atom is 0.380 e. The Bertz CT molecular complexity index is 2920. The van der Waals surface area contributed by atoms with Crippen LogP contribution in [0, 0.1) is 0 Å². The lowest BCUT2D eigenvalue weighted by Crippen LogP contribution is -2.43. The van der Waals surface area contributed by atoms with Crippen LogP contribution in [-0.2, 0) is 11.8 Å². The fraction of sp³-hybridized carbons (Fsp3) is 0.0698. The lowest BCUT2D eigenvalue weighted by atomic mass is 9.89. The first-order valence-electron chi connectivity index (χ1n) is 16.2. The maximum atomic E-state index is 15.4. The van der Waals surface area contributed by atoms with Crippen LogP contribution in [0.4, 0.5) is 26.3 Å². The summed E-state index contributed by atoms with van der Waals surface area (Å²) in [5, 5.41) is 6.08. The quantitative estimate of drug-likeness (QED) is 0.128. The SMILES string of the molecule is FC1(F)c2c(c3ccc(-c4ccc(-n5c6ccccc6c6cc7ccccc7cc65)c5ccccc45)cc3c3ccccc23)C(F)(F)C1(F)F. The van der Waals surface area contributed by atoms with Crippen molar-refractivity contribution in [1.29, 1.82) is 0 Å². The number of aromatic nitrogens is 1. The largest absolute Gasteiger partial charge is 0.380 e. The van der Waals surface area contributed by atoms with E-state index in [1.54, 1.807) is 18.2 Å². The molecule has 1 aliphatic rings. The smallest absolute Gasteiger partial charge is 0.309 e. The van der Waals surface area contributed by atoms with Crippen molar-refractivity contribution >= 4 is 64.9 Å². The van der Waals surface area contributed by atoms with Gasteiger partial charge in [-0.15, -0.1) is 0 Å². The minimum atomic E-state index is -5.58. The van der Waals surface area contributed by atoms with Gasteiger partial charge in [-0.25, -0.2) is 0 Å². The van der Waals surface area contributed by atoms with Crippen LogP contribution in [0.25, 0.3) is 81.7 Å². The summed E-state index contributed by atoms with van der Waals surface area (Å²) < 4.78 is 92.9. The molecule has 0 saturated carbocycles. The Morgan fingerprint density at radius 1 is 0.380 bits per heavy atom. The molecule has 1 aromatic heterocycles. The van der Waals surface area contributed by atoms with E-state index in [-0.39, 0.29) is 21.5 Å². The molecule has 7 heteroatoms. The fourth-order valence-corrected chi connectivity index (χ4v) is 8.17. The third kappa shape index (κ3) is 3.54. The molecule has 0 spiro atoms. The normalized spacial score (nSPS) is 16.3. The third-order valence-corrected chi connectivity index (χ3v) is 10.4. The zero-order valence-electron chi connectivity index (χ0n) is 26.0. The monoisotopic (exact) mass is 667 g/mol. The number of rotatable bonds is 2. The molecule has 50 heavy (non-hydrogen) atoms. The van der Waals surface area contributed by atoms with E-state index in [1.165, 1.54) is 24.3 Å². The lowest BCUT2D eigenvalue weighted by molar-refractivity contribution is -0.301. The van der Waals surface area contributed by atoms with E-state index in [0.29, 0.717) is 5.56 Å². The molecular weight excluding hydrogens is 644 g/mol. The third-order valence-electron chi connectivity index (χ3n) is 10.4. The van der Waals surface area contributed by atoms with Crippen molar-refractivity contribution < 1.29 is 26.3 Å². The van der Waals surface area contributed by atoms with Crippen LogP contribution in [-0.4, -0.2) is 10.5 Å². The van der Waals surface area contributed by atoms with Crippen LogP contribution in [0.1, 0.15) is 11.1 Å². The van der Waals surface area contributed by atoms with Crippen molar-refractivity contribution in [2.45, 2.75) is 17.8 Å². The Hall–Kier alpha value is -5.82. The molecule has 1 aliphatic carbocycles. The first-order chi connectivity index (χ1) is 24.1. The van der Waals surface area contributed by atoms with Gasteiger partial charge in [0.05, 0.1) is 16.7 Å². The van der Waals surface area contributed by atoms with E-state index in [2.05, 4.69) is 41.0 Å². The van der Waals surface area contributed by atoms with Crippen LogP contribution < -0.4 is 0 Å². The second-order valence-corrected chi connectivity index (χ2v) is 13.0. The molecule has 0 atom stereocenters. The standard InChI is InChI=1S/C43H23F6N/c44-41(45)39-32-15-6-4-12-29(32)34-22-26(17-18-33(34)40(39)42(46,47)43(41,48)49)27-19-20-37(30-13-5-3-11-28(27)30)50-36-16-8-7-14-31(36)35-21-24-9-1-2-10-25(24)23-38(35)50/h1-23H. The van der Waals surface area contributed by atoms with Gasteiger partial charge in [0.15, 0.2) is 0 Å². The molecular formula is C43H23F6N. The molecule has 9 aromatic rings. The minimum absolute atomic E-state index is 0.201. The summed E-state index contributed by atoms with van der Waals surface area (Å²) >= 11 is 0. The summed E-state index contributed by atoms with van der Waals surface area (Å²) in [6.45, 7) is 0. The van der Waals surface area contributed by atoms with Gasteiger partial charge in [-0.05, 0) is 79.2 Å². The van der Waals surface area contributed by atoms with Crippen molar-refractivity contribution in [2.75, 3.05) is 0 Å². The van der Waals surface area contributed by atoms with E-state index in [0.717, 1.165) is 54.6 Å². The molecule has 1 nitrogen and oxygen atoms in total. The average molecular weight is 668 g/mol. The second-order valence-electron chi connectivity index (χ2n) is 13.0. The van der Waals surface area contributed by atoms with Gasteiger partial charge in [-0.1, -0.05) is 109 Å². The number of fused-ring (bicyclic) bond motifs is 11. The van der Waals surface area contributed by atoms with Crippen molar-refractivity contribution in [2.24, 2.45) is 0 Å². The average Bonchev–Trinajstić information content (AvgIpc) is 3.50. The van der Waals surface area contributed by atoms with Crippen LogP contribution in [0.2, 0.25) is 0 Å². The Kier molecular flexibility index (Phi) is 5.63. The highest BCUT2D eigenvalue weighted by molar-refractivity contribution is 6.16. The summed E-state index contributed by atoms with van der Waals surface area (Å²) in [5.41, 5.74) is 1.82. The van der Waals surface area contributed by atoms with E-state index in [9.17, 15) is 8.78 Å². The van der Waals surface area contributed by atoms with Gasteiger partial charge in [-0.3, -0.25) is 0 Å². The molecule has 242 valence electrons. The van der Waals surface area contributed by atoms with E-state index < -0.39 is 28.9 Å². The van der Waals surface area contributed by atoms with Crippen LogP contribution in [0.15, 0.2) is 140 Å². The Morgan fingerprint density at radius 3 is 1.66 bits per heavy atom. The summed E-state index contributed by atoms with van der Waals surface area (Å²) in [4.78, 5) is 0. The maximum absolute atomic E-state index is 15.4. The molecule has 0 bridgehead atoms. The number of benzene rings is 8. The first kappa shape index (κ1) is 29.1. The van der Waals surface area contributed by atoms with Gasteiger partial charge in [0, 0.05) is 27.3 Å². The Morgan fingerprint density at radius 2 is 0.940 bits per heavy atom. The summed E-state index contributed by atoms with van der Waals surface area (Å²) in [5.74, 6) is -15.7. The molecule has 0 fully saturated rings. The molecule has 0 amide bonds. The van der Waals surface area contributed by atoms with E-state index in [1.807, 2.05) is 60.7 Å². The number of halogens is 6. The Labute approximate surface area is 280 Å². The highest BCUT2D eigenvalue weighted by atomic mass is 19.3. The number of hydrogen-bond donors (Lipinski definition) is 0. The van der Waals surface area contributed by atoms with Crippen molar-refractivity contribution in [3.8, 4) is 16.8 Å². The summed E-state index contributed by atoms with van der Waals surface area (Å²) in [7, 11) is 0. The van der Waals surface area contributed by atoms with Crippen LogP contribution in [0.3, 0.4) is 0 Å². The molecule has 0 radical (unpaired) electrons. The summed E-state index contributed by atoms with van der Waals surface area (Å²) in [6.07, 6.45) is 0. The molecule has 0 unspecified atom stereocenters. The molecule has 0 aliphatic heterocycles. The fourth-order valence-electron chi connectivity index (χ4n) is 8.17. The minimum Gasteiger partial charge on any atom is -0.309 e. The van der Waals surface area contributed by atoms with Gasteiger partial charge >= 0.3 is 17.8 Å². The van der Waals surface area contributed by atoms with Gasteiger partial charge in [-0.2, -0.15) is 26.3 Å². The van der Waals surface area contributed by atoms with Crippen molar-refractivity contribution in [1.82, 2.24) is 4.57 Å². The van der Waals surface area contributed by atoms with Crippen LogP contribution >= 0.6 is 0 Å². The van der Waals surface area contributed by atoms with E-state index in [4.69, 9.17) is 0 Å². The molecule has 1 heterocycles. The highest BCUT2D eigenvalue weighted by Crippen LogP contribution is 2.66. The summed E-state index contributed by atoms with van der Waals surface area (Å²) in [6, 6.07) is 43.0. The van der Waals surface area contributed by atoms with Crippen molar-refractivity contribution in [3.05, 3.63) is 151 Å². The predicted molar refractivity (Wildman–Crippen MR) is 189 cm³/mol. The molecule has 0 N–H and O–H groups in total. The van der Waals surface area contributed by atoms with E-state index >= 15 is 17.6 Å². The zero-order valence-corrected chi connectivity index (χ0v) is 26.0. The van der Waals surface area contributed by atoms with Gasteiger partial charge in [0.1, 0.15) is 0 Å². The van der Waals surface area contributed by atoms with Gasteiger partial charge in [0.25, 0.3) is 0 Å². The highest BCUT2D eigenvalue weighted by Gasteiger charge is 2.79. The molecule has 10 rings (SSSR count). The van der Waals surface area contributed by atoms with Crippen LogP contribution in [0.5, 0.6) is 0 Å².